The smallest absolute Gasteiger partial charge is 0.0743 e. The molecule has 3 fully saturated rings. The van der Waals surface area contributed by atoms with Crippen LogP contribution in [-0.4, -0.2) is 169 Å². The predicted molar refractivity (Wildman–Crippen MR) is 321 cm³/mol. The molecule has 436 valence electrons. The summed E-state index contributed by atoms with van der Waals surface area (Å²) in [5.41, 5.74) is 7.64. The van der Waals surface area contributed by atoms with Crippen LogP contribution in [-0.2, 0) is 44.9 Å². The average Bonchev–Trinajstić information content (AvgIpc) is 4.33. The SMILES string of the molecule is CC(C)C[C@H]1CO[C@H](C)CN(C)[C@@H](CC(C)C)CO[C@H](Cc2ccc(Cn3ccc(C4CC4)n3)cc2)CN(C)[C@@H](CC(C)C)CO[C@H](C)CN(C)[C@@H](CC(C)C)CO[C@H](Cc2ccc(Cn3ccc(C4CC4)n3)cc2)CN1C. The van der Waals surface area contributed by atoms with Crippen LogP contribution in [0.2, 0.25) is 0 Å². The van der Waals surface area contributed by atoms with Crippen LogP contribution in [0, 0.1) is 23.7 Å². The summed E-state index contributed by atoms with van der Waals surface area (Å²) in [7, 11) is 9.15. The van der Waals surface area contributed by atoms with Crippen LogP contribution in [0.3, 0.4) is 0 Å². The molecule has 2 aliphatic carbocycles. The second kappa shape index (κ2) is 30.6. The molecular formula is C66H108N8O4. The lowest BCUT2D eigenvalue weighted by atomic mass is 10.0. The van der Waals surface area contributed by atoms with Crippen molar-refractivity contribution >= 4 is 0 Å². The van der Waals surface area contributed by atoms with Crippen molar-refractivity contribution in [2.24, 2.45) is 23.7 Å². The number of hydrogen-bond donors (Lipinski definition) is 0. The molecule has 3 heterocycles. The molecule has 7 rings (SSSR count). The minimum absolute atomic E-state index is 0.00800. The van der Waals surface area contributed by atoms with E-state index in [9.17, 15) is 0 Å². The molecule has 0 N–H and O–H groups in total. The first kappa shape index (κ1) is 62.1. The molecule has 12 heteroatoms. The zero-order valence-electron chi connectivity index (χ0n) is 51.4. The minimum atomic E-state index is 0.00800. The molecule has 2 saturated carbocycles. The zero-order chi connectivity index (χ0) is 55.9. The number of likely N-dealkylation sites (N-methyl/N-ethyl adjacent to an activating group) is 4. The summed E-state index contributed by atoms with van der Waals surface area (Å²) in [5.74, 6) is 3.45. The highest BCUT2D eigenvalue weighted by atomic mass is 16.5. The fourth-order valence-electron chi connectivity index (χ4n) is 11.8. The van der Waals surface area contributed by atoms with Crippen LogP contribution < -0.4 is 0 Å². The lowest BCUT2D eigenvalue weighted by Crippen LogP contribution is -2.47. The van der Waals surface area contributed by atoms with Gasteiger partial charge in [0, 0.05) is 74.6 Å². The molecule has 0 amide bonds. The van der Waals surface area contributed by atoms with Gasteiger partial charge < -0.3 is 18.9 Å². The number of hydrogen-bond acceptors (Lipinski definition) is 10. The fraction of sp³-hybridized carbons (Fsp3) is 0.727. The predicted octanol–water partition coefficient (Wildman–Crippen LogP) is 11.7. The van der Waals surface area contributed by atoms with Gasteiger partial charge >= 0.3 is 0 Å². The van der Waals surface area contributed by atoms with Gasteiger partial charge in [0.05, 0.1) is 75.3 Å². The van der Waals surface area contributed by atoms with Gasteiger partial charge in [0.2, 0.25) is 0 Å². The van der Waals surface area contributed by atoms with Gasteiger partial charge in [-0.05, 0) is 164 Å². The Balaban J connectivity index is 1.09. The molecule has 0 unspecified atom stereocenters. The number of aromatic nitrogens is 4. The third-order valence-corrected chi connectivity index (χ3v) is 16.7. The van der Waals surface area contributed by atoms with E-state index in [1.165, 1.54) is 59.3 Å². The summed E-state index contributed by atoms with van der Waals surface area (Å²) in [4.78, 5) is 10.1. The van der Waals surface area contributed by atoms with E-state index in [4.69, 9.17) is 29.1 Å². The second-order valence-electron chi connectivity index (χ2n) is 26.6. The number of nitrogens with zero attached hydrogens (tertiary/aromatic N) is 8. The topological polar surface area (TPSA) is 85.5 Å². The molecule has 4 aromatic rings. The molecule has 0 bridgehead atoms. The van der Waals surface area contributed by atoms with Crippen molar-refractivity contribution in [3.63, 3.8) is 0 Å². The van der Waals surface area contributed by atoms with Crippen LogP contribution in [0.25, 0.3) is 0 Å². The molecule has 2 aromatic carbocycles. The van der Waals surface area contributed by atoms with Gasteiger partial charge in [0.15, 0.2) is 0 Å². The van der Waals surface area contributed by atoms with E-state index >= 15 is 0 Å². The van der Waals surface area contributed by atoms with E-state index in [0.717, 1.165) is 77.8 Å². The maximum atomic E-state index is 7.22. The Morgan fingerprint density at radius 3 is 1.01 bits per heavy atom. The number of ether oxygens (including phenoxy) is 4. The molecule has 2 aromatic heterocycles. The monoisotopic (exact) mass is 1080 g/mol. The molecule has 78 heavy (non-hydrogen) atoms. The third kappa shape index (κ3) is 21.1. The first-order chi connectivity index (χ1) is 37.3. The summed E-state index contributed by atoms with van der Waals surface area (Å²) in [5, 5.41) is 9.78. The normalized spacial score (nSPS) is 26.6. The quantitative estimate of drug-likeness (QED) is 0.0960. The van der Waals surface area contributed by atoms with E-state index in [2.05, 4.69) is 199 Å². The molecule has 1 aliphatic heterocycles. The van der Waals surface area contributed by atoms with Gasteiger partial charge in [-0.25, -0.2) is 0 Å². The van der Waals surface area contributed by atoms with Crippen molar-refractivity contribution in [2.45, 2.75) is 207 Å². The van der Waals surface area contributed by atoms with Crippen molar-refractivity contribution in [3.8, 4) is 0 Å². The first-order valence-electron chi connectivity index (χ1n) is 30.8. The van der Waals surface area contributed by atoms with Gasteiger partial charge in [-0.3, -0.25) is 29.0 Å². The first-order valence-corrected chi connectivity index (χ1v) is 30.8. The summed E-state index contributed by atoms with van der Waals surface area (Å²) in [6.45, 7) is 30.8. The maximum absolute atomic E-state index is 7.22. The van der Waals surface area contributed by atoms with Gasteiger partial charge in [-0.1, -0.05) is 104 Å². The third-order valence-electron chi connectivity index (χ3n) is 16.7. The Morgan fingerprint density at radius 2 is 0.705 bits per heavy atom. The van der Waals surface area contributed by atoms with Crippen LogP contribution in [0.1, 0.15) is 166 Å². The summed E-state index contributed by atoms with van der Waals surface area (Å²) in [6, 6.07) is 23.8. The van der Waals surface area contributed by atoms with Crippen LogP contribution in [0.5, 0.6) is 0 Å². The molecule has 0 radical (unpaired) electrons. The Kier molecular flexibility index (Phi) is 24.3. The number of benzene rings is 2. The largest absolute Gasteiger partial charge is 0.376 e. The summed E-state index contributed by atoms with van der Waals surface area (Å²) < 4.78 is 32.5. The van der Waals surface area contributed by atoms with Gasteiger partial charge in [0.25, 0.3) is 0 Å². The fourth-order valence-corrected chi connectivity index (χ4v) is 11.8. The van der Waals surface area contributed by atoms with Crippen molar-refractivity contribution < 1.29 is 18.9 Å². The minimum Gasteiger partial charge on any atom is -0.376 e. The van der Waals surface area contributed by atoms with Crippen LogP contribution in [0.4, 0.5) is 0 Å². The highest BCUT2D eigenvalue weighted by molar-refractivity contribution is 5.25. The zero-order valence-corrected chi connectivity index (χ0v) is 51.4. The van der Waals surface area contributed by atoms with Crippen molar-refractivity contribution in [1.29, 1.82) is 0 Å². The molecule has 1 saturated heterocycles. The van der Waals surface area contributed by atoms with E-state index in [-0.39, 0.29) is 48.6 Å². The lowest BCUT2D eigenvalue weighted by molar-refractivity contribution is -0.0536. The average molecular weight is 1080 g/mol. The van der Waals surface area contributed by atoms with Crippen molar-refractivity contribution in [3.05, 3.63) is 107 Å². The highest BCUT2D eigenvalue weighted by Crippen LogP contribution is 2.39. The number of rotatable bonds is 18. The standard InChI is InChI=1S/C66H108N8O4/c1-47(2)31-59-43-75-51(9)37-69(11)62(34-50(7)8)46-78-64(36-54-17-21-56(22-18-54)40-74-30-28-66(68-74)58-25-26-58)42-72(14)60(32-48(3)4)44-76-52(10)38-70(12)61(33-49(5)6)45-77-63(41-71(59)13)35-53-15-19-55(20-16-53)39-73-29-27-65(67-73)57-23-24-57/h15-22,27-30,47-52,57-64H,23-26,31-46H2,1-14H3/t51-,52-,59+,60+,61+,62+,63-,64-/m1/s1. The molecule has 8 atom stereocenters. The Hall–Kier alpha value is -3.46. The second-order valence-corrected chi connectivity index (χ2v) is 26.6. The highest BCUT2D eigenvalue weighted by Gasteiger charge is 2.30. The molecule has 3 aliphatic rings. The lowest BCUT2D eigenvalue weighted by Gasteiger charge is -2.37. The molecule has 0 spiro atoms. The molecular weight excluding hydrogens is 969 g/mol. The Bertz CT molecular complexity index is 2110. The Labute approximate surface area is 474 Å². The molecule has 12 nitrogen and oxygen atoms in total. The van der Waals surface area contributed by atoms with E-state index in [0.29, 0.717) is 61.9 Å². The van der Waals surface area contributed by atoms with E-state index in [1.54, 1.807) is 0 Å². The Morgan fingerprint density at radius 1 is 0.410 bits per heavy atom. The maximum Gasteiger partial charge on any atom is 0.0743 e. The van der Waals surface area contributed by atoms with Gasteiger partial charge in [-0.15, -0.1) is 0 Å². The van der Waals surface area contributed by atoms with Crippen LogP contribution in [0.15, 0.2) is 73.1 Å². The van der Waals surface area contributed by atoms with E-state index < -0.39 is 0 Å². The summed E-state index contributed by atoms with van der Waals surface area (Å²) in [6.07, 6.45) is 15.4. The van der Waals surface area contributed by atoms with Gasteiger partial charge in [-0.2, -0.15) is 10.2 Å². The van der Waals surface area contributed by atoms with Crippen LogP contribution >= 0.6 is 0 Å². The summed E-state index contributed by atoms with van der Waals surface area (Å²) >= 11 is 0. The van der Waals surface area contributed by atoms with Gasteiger partial charge in [0.1, 0.15) is 0 Å². The van der Waals surface area contributed by atoms with Crippen molar-refractivity contribution in [1.82, 2.24) is 39.2 Å². The van der Waals surface area contributed by atoms with E-state index in [1.807, 2.05) is 0 Å². The van der Waals surface area contributed by atoms with Crippen molar-refractivity contribution in [2.75, 3.05) is 80.8 Å².